The fourth-order valence-corrected chi connectivity index (χ4v) is 5.20. The van der Waals surface area contributed by atoms with Crippen LogP contribution in [0.3, 0.4) is 0 Å². The third kappa shape index (κ3) is 8.79. The quantitative estimate of drug-likeness (QED) is 0.308. The van der Waals surface area contributed by atoms with Gasteiger partial charge in [0.05, 0.1) is 6.04 Å². The molecule has 5 N–H and O–H groups in total. The molecule has 0 radical (unpaired) electrons. The van der Waals surface area contributed by atoms with Crippen molar-refractivity contribution in [1.29, 1.82) is 0 Å². The average molecular weight is 558 g/mol. The number of carbonyl (C=O) groups excluding carboxylic acids is 5. The van der Waals surface area contributed by atoms with Gasteiger partial charge in [0.15, 0.2) is 0 Å². The molecule has 0 saturated carbocycles. The monoisotopic (exact) mass is 557 g/mol. The van der Waals surface area contributed by atoms with Crippen molar-refractivity contribution < 1.29 is 24.0 Å². The largest absolute Gasteiger partial charge is 0.363 e. The zero-order chi connectivity index (χ0) is 29.8. The molecule has 1 aliphatic carbocycles. The molecule has 1 aromatic carbocycles. The minimum absolute atomic E-state index is 0.0554. The molecular formula is C30H47N5O5. The summed E-state index contributed by atoms with van der Waals surface area (Å²) in [4.78, 5) is 65.0. The Morgan fingerprint density at radius 2 is 1.57 bits per heavy atom. The second-order valence-electron chi connectivity index (χ2n) is 10.8. The number of primary amides is 1. The Morgan fingerprint density at radius 1 is 0.975 bits per heavy atom. The van der Waals surface area contributed by atoms with Crippen LogP contribution >= 0.6 is 0 Å². The number of urea groups is 1. The molecule has 5 amide bonds. The topological polar surface area (TPSA) is 151 Å². The van der Waals surface area contributed by atoms with Gasteiger partial charge in [-0.15, -0.1) is 0 Å². The average Bonchev–Trinajstić information content (AvgIpc) is 3.58. The number of hydrogen-bond acceptors (Lipinski definition) is 5. The molecule has 0 aromatic heterocycles. The molecule has 3 rings (SSSR count). The van der Waals surface area contributed by atoms with E-state index < -0.39 is 41.8 Å². The first kappa shape index (κ1) is 32.8. The van der Waals surface area contributed by atoms with Crippen molar-refractivity contribution in [2.45, 2.75) is 110 Å². The van der Waals surface area contributed by atoms with E-state index in [-0.39, 0.29) is 24.3 Å². The molecule has 1 saturated heterocycles. The van der Waals surface area contributed by atoms with E-state index in [0.717, 1.165) is 17.5 Å². The molecule has 0 bridgehead atoms. The van der Waals surface area contributed by atoms with Crippen LogP contribution in [0.15, 0.2) is 24.3 Å². The van der Waals surface area contributed by atoms with Crippen LogP contribution in [0.2, 0.25) is 0 Å². The van der Waals surface area contributed by atoms with E-state index >= 15 is 0 Å². The van der Waals surface area contributed by atoms with Gasteiger partial charge < -0.3 is 26.6 Å². The van der Waals surface area contributed by atoms with E-state index in [4.69, 9.17) is 5.73 Å². The molecule has 1 fully saturated rings. The molecule has 2 unspecified atom stereocenters. The Balaban J connectivity index is 0.00000178. The SMILES string of the molecule is CCC.CCCC(NC(=O)[C@@H]1CCCN1C(=O)[C@@H](NC(=O)NC(C)CC)C1Cc2ccccc2C1)C(=O)C(N)=O. The number of benzene rings is 1. The summed E-state index contributed by atoms with van der Waals surface area (Å²) in [5, 5.41) is 8.41. The number of hydrogen-bond donors (Lipinski definition) is 4. The summed E-state index contributed by atoms with van der Waals surface area (Å²) >= 11 is 0. The molecule has 10 nitrogen and oxygen atoms in total. The van der Waals surface area contributed by atoms with E-state index in [9.17, 15) is 24.0 Å². The Bertz CT molecular complexity index is 1020. The highest BCUT2D eigenvalue weighted by atomic mass is 16.2. The van der Waals surface area contributed by atoms with E-state index in [1.54, 1.807) is 0 Å². The second-order valence-corrected chi connectivity index (χ2v) is 10.8. The van der Waals surface area contributed by atoms with Gasteiger partial charge in [-0.25, -0.2) is 4.79 Å². The number of nitrogens with two attached hydrogens (primary N) is 1. The number of likely N-dealkylation sites (tertiary alicyclic amines) is 1. The molecule has 1 aromatic rings. The third-order valence-corrected chi connectivity index (χ3v) is 7.39. The fraction of sp³-hybridized carbons (Fsp3) is 0.633. The van der Waals surface area contributed by atoms with E-state index in [1.807, 2.05) is 45.0 Å². The Hall–Kier alpha value is -3.43. The van der Waals surface area contributed by atoms with E-state index in [0.29, 0.717) is 38.6 Å². The lowest BCUT2D eigenvalue weighted by atomic mass is 9.94. The highest BCUT2D eigenvalue weighted by Crippen LogP contribution is 2.31. The van der Waals surface area contributed by atoms with Gasteiger partial charge in [0, 0.05) is 12.6 Å². The number of nitrogens with zero attached hydrogens (tertiary/aromatic N) is 1. The molecular weight excluding hydrogens is 510 g/mol. The first-order valence-electron chi connectivity index (χ1n) is 14.7. The predicted octanol–water partition coefficient (Wildman–Crippen LogP) is 2.61. The van der Waals surface area contributed by atoms with Crippen LogP contribution in [0.1, 0.15) is 84.3 Å². The molecule has 222 valence electrons. The standard InChI is InChI=1S/C27H39N5O5.C3H8/c1-4-9-20(23(33)24(28)34)30-25(35)21-12-8-13-32(21)26(36)22(31-27(37)29-16(3)5-2)19-14-17-10-6-7-11-18(17)15-19;1-3-2/h6-7,10-11,16,19-22H,4-5,8-9,12-15H2,1-3H3,(H2,28,34)(H,30,35)(H2,29,31,37);3H2,1-2H3/t16?,20?,21-,22-;/m0./s1. The maximum absolute atomic E-state index is 13.9. The highest BCUT2D eigenvalue weighted by Gasteiger charge is 2.42. The van der Waals surface area contributed by atoms with Crippen molar-refractivity contribution in [2.75, 3.05) is 6.54 Å². The predicted molar refractivity (Wildman–Crippen MR) is 154 cm³/mol. The summed E-state index contributed by atoms with van der Waals surface area (Å²) in [5.74, 6) is -2.91. The Labute approximate surface area is 238 Å². The van der Waals surface area contributed by atoms with Gasteiger partial charge >= 0.3 is 6.03 Å². The number of rotatable bonds is 11. The van der Waals surface area contributed by atoms with Crippen molar-refractivity contribution in [2.24, 2.45) is 11.7 Å². The van der Waals surface area contributed by atoms with Gasteiger partial charge in [-0.05, 0) is 62.5 Å². The van der Waals surface area contributed by atoms with Crippen molar-refractivity contribution in [1.82, 2.24) is 20.9 Å². The van der Waals surface area contributed by atoms with Gasteiger partial charge in [-0.1, -0.05) is 64.8 Å². The minimum atomic E-state index is -1.10. The minimum Gasteiger partial charge on any atom is -0.363 e. The van der Waals surface area contributed by atoms with Crippen LogP contribution < -0.4 is 21.7 Å². The molecule has 1 aliphatic heterocycles. The number of ketones is 1. The van der Waals surface area contributed by atoms with Crippen molar-refractivity contribution in [3.8, 4) is 0 Å². The number of Topliss-reactive ketones (excluding diaryl/α,β-unsaturated/α-hetero) is 1. The van der Waals surface area contributed by atoms with Crippen LogP contribution in [0.4, 0.5) is 4.79 Å². The van der Waals surface area contributed by atoms with Gasteiger partial charge in [-0.2, -0.15) is 0 Å². The summed E-state index contributed by atoms with van der Waals surface area (Å²) in [6, 6.07) is 4.88. The lowest BCUT2D eigenvalue weighted by Crippen LogP contribution is -2.59. The maximum Gasteiger partial charge on any atom is 0.315 e. The Kier molecular flexibility index (Phi) is 13.1. The summed E-state index contributed by atoms with van der Waals surface area (Å²) in [7, 11) is 0. The summed E-state index contributed by atoms with van der Waals surface area (Å²) in [6.07, 6.45) is 5.17. The van der Waals surface area contributed by atoms with Crippen LogP contribution in [0, 0.1) is 5.92 Å². The smallest absolute Gasteiger partial charge is 0.315 e. The molecule has 2 aliphatic rings. The zero-order valence-corrected chi connectivity index (χ0v) is 24.6. The third-order valence-electron chi connectivity index (χ3n) is 7.39. The summed E-state index contributed by atoms with van der Waals surface area (Å²) in [6.45, 7) is 10.3. The normalized spacial score (nSPS) is 18.4. The first-order chi connectivity index (χ1) is 19.1. The fourth-order valence-electron chi connectivity index (χ4n) is 5.20. The van der Waals surface area contributed by atoms with Gasteiger partial charge in [-0.3, -0.25) is 19.2 Å². The van der Waals surface area contributed by atoms with Crippen LogP contribution in [0.25, 0.3) is 0 Å². The zero-order valence-electron chi connectivity index (χ0n) is 24.6. The molecule has 10 heteroatoms. The van der Waals surface area contributed by atoms with Crippen LogP contribution in [-0.4, -0.2) is 65.1 Å². The molecule has 1 heterocycles. The lowest BCUT2D eigenvalue weighted by Gasteiger charge is -2.32. The van der Waals surface area contributed by atoms with Crippen molar-refractivity contribution >= 4 is 29.5 Å². The molecule has 0 spiro atoms. The number of nitrogens with one attached hydrogen (secondary N) is 3. The lowest BCUT2D eigenvalue weighted by molar-refractivity contribution is -0.142. The van der Waals surface area contributed by atoms with Crippen molar-refractivity contribution in [3.63, 3.8) is 0 Å². The summed E-state index contributed by atoms with van der Waals surface area (Å²) in [5.41, 5.74) is 7.46. The van der Waals surface area contributed by atoms with Gasteiger partial charge in [0.1, 0.15) is 12.1 Å². The first-order valence-corrected chi connectivity index (χ1v) is 14.7. The molecule has 4 atom stereocenters. The van der Waals surface area contributed by atoms with Crippen LogP contribution in [0.5, 0.6) is 0 Å². The highest BCUT2D eigenvalue weighted by molar-refractivity contribution is 6.37. The summed E-state index contributed by atoms with van der Waals surface area (Å²) < 4.78 is 0. The number of fused-ring (bicyclic) bond motifs is 1. The molecule has 40 heavy (non-hydrogen) atoms. The van der Waals surface area contributed by atoms with Gasteiger partial charge in [0.2, 0.25) is 17.6 Å². The Morgan fingerprint density at radius 3 is 2.10 bits per heavy atom. The number of amides is 5. The second kappa shape index (κ2) is 16.0. The maximum atomic E-state index is 13.9. The number of carbonyl (C=O) groups is 5. The van der Waals surface area contributed by atoms with Gasteiger partial charge in [0.25, 0.3) is 5.91 Å². The van der Waals surface area contributed by atoms with E-state index in [2.05, 4.69) is 29.8 Å². The van der Waals surface area contributed by atoms with Crippen LogP contribution in [-0.2, 0) is 32.0 Å². The van der Waals surface area contributed by atoms with Crippen molar-refractivity contribution in [3.05, 3.63) is 35.4 Å². The van der Waals surface area contributed by atoms with E-state index in [1.165, 1.54) is 11.3 Å².